The van der Waals surface area contributed by atoms with Crippen LogP contribution in [0.3, 0.4) is 0 Å². The molecule has 1 amide bonds. The number of thioether (sulfide) groups is 1. The number of aryl methyl sites for hydroxylation is 1. The summed E-state index contributed by atoms with van der Waals surface area (Å²) in [5.74, 6) is -0.432. The summed E-state index contributed by atoms with van der Waals surface area (Å²) in [5.41, 5.74) is 3.64. The summed E-state index contributed by atoms with van der Waals surface area (Å²) in [6.07, 6.45) is 4.67. The SMILES string of the molecule is CCC(CC)(CC(=O)Nc1cccc(C=Cc2cccc(CSc3ccc(C)cc3)n2)c1)C(=O)O. The van der Waals surface area contributed by atoms with Gasteiger partial charge in [0, 0.05) is 22.8 Å². The molecule has 2 aromatic carbocycles. The van der Waals surface area contributed by atoms with Gasteiger partial charge in [0.1, 0.15) is 0 Å². The second-order valence-electron chi connectivity index (χ2n) is 8.63. The highest BCUT2D eigenvalue weighted by Gasteiger charge is 2.37. The Bertz CT molecular complexity index is 1180. The van der Waals surface area contributed by atoms with Crippen LogP contribution in [0.25, 0.3) is 12.2 Å². The van der Waals surface area contributed by atoms with E-state index in [1.54, 1.807) is 31.7 Å². The third-order valence-electron chi connectivity index (χ3n) is 6.16. The van der Waals surface area contributed by atoms with Gasteiger partial charge in [-0.3, -0.25) is 14.6 Å². The smallest absolute Gasteiger partial charge is 0.310 e. The molecule has 5 nitrogen and oxygen atoms in total. The number of carboxylic acids is 1. The number of carbonyl (C=O) groups is 2. The molecular weight excluding hydrogens is 456 g/mol. The fourth-order valence-corrected chi connectivity index (χ4v) is 4.56. The van der Waals surface area contributed by atoms with Crippen LogP contribution in [0.5, 0.6) is 0 Å². The molecule has 0 unspecified atom stereocenters. The molecule has 0 saturated carbocycles. The molecule has 3 aromatic rings. The zero-order valence-electron chi connectivity index (χ0n) is 20.5. The normalized spacial score (nSPS) is 11.5. The fourth-order valence-electron chi connectivity index (χ4n) is 3.76. The molecule has 1 aromatic heterocycles. The number of hydrogen-bond acceptors (Lipinski definition) is 4. The van der Waals surface area contributed by atoms with Crippen molar-refractivity contribution in [2.24, 2.45) is 5.41 Å². The standard InChI is InChI=1S/C29H32N2O3S/c1-4-29(5-2,28(33)34)19-27(32)31-24-10-6-8-22(18-24)14-15-23-9-7-11-25(30-23)20-35-26-16-12-21(3)13-17-26/h6-18H,4-5,19-20H2,1-3H3,(H,31,32)(H,33,34). The van der Waals surface area contributed by atoms with E-state index in [0.29, 0.717) is 18.5 Å². The molecule has 0 aliphatic rings. The molecule has 182 valence electrons. The number of anilines is 1. The van der Waals surface area contributed by atoms with Crippen LogP contribution < -0.4 is 5.32 Å². The Labute approximate surface area is 211 Å². The predicted molar refractivity (Wildman–Crippen MR) is 144 cm³/mol. The van der Waals surface area contributed by atoms with Gasteiger partial charge in [0.15, 0.2) is 0 Å². The van der Waals surface area contributed by atoms with Gasteiger partial charge in [-0.2, -0.15) is 0 Å². The van der Waals surface area contributed by atoms with E-state index in [-0.39, 0.29) is 12.3 Å². The second kappa shape index (κ2) is 12.4. The largest absolute Gasteiger partial charge is 0.481 e. The van der Waals surface area contributed by atoms with Crippen molar-refractivity contribution in [3.8, 4) is 0 Å². The van der Waals surface area contributed by atoms with Crippen LogP contribution in [0, 0.1) is 12.3 Å². The third-order valence-corrected chi connectivity index (χ3v) is 7.20. The Morgan fingerprint density at radius 3 is 2.40 bits per heavy atom. The van der Waals surface area contributed by atoms with Gasteiger partial charge < -0.3 is 10.4 Å². The maximum absolute atomic E-state index is 12.6. The lowest BCUT2D eigenvalue weighted by atomic mass is 9.79. The fraction of sp³-hybridized carbons (Fsp3) is 0.276. The highest BCUT2D eigenvalue weighted by atomic mass is 32.2. The first kappa shape index (κ1) is 26.2. The van der Waals surface area contributed by atoms with E-state index in [9.17, 15) is 14.7 Å². The molecule has 0 bridgehead atoms. The van der Waals surface area contributed by atoms with E-state index in [2.05, 4.69) is 36.5 Å². The molecule has 0 aliphatic carbocycles. The number of carbonyl (C=O) groups excluding carboxylic acids is 1. The van der Waals surface area contributed by atoms with Crippen LogP contribution in [-0.2, 0) is 15.3 Å². The number of aliphatic carboxylic acids is 1. The summed E-state index contributed by atoms with van der Waals surface area (Å²) in [5, 5.41) is 12.4. The maximum atomic E-state index is 12.6. The molecule has 35 heavy (non-hydrogen) atoms. The van der Waals surface area contributed by atoms with E-state index >= 15 is 0 Å². The highest BCUT2D eigenvalue weighted by molar-refractivity contribution is 7.98. The minimum absolute atomic E-state index is 0.0489. The minimum Gasteiger partial charge on any atom is -0.481 e. The number of carboxylic acid groups (broad SMARTS) is 1. The number of aromatic nitrogens is 1. The van der Waals surface area contributed by atoms with Gasteiger partial charge >= 0.3 is 5.97 Å². The van der Waals surface area contributed by atoms with E-state index in [1.165, 1.54) is 10.5 Å². The maximum Gasteiger partial charge on any atom is 0.310 e. The molecule has 0 fully saturated rings. The topological polar surface area (TPSA) is 79.3 Å². The van der Waals surface area contributed by atoms with Gasteiger partial charge in [-0.05, 0) is 67.8 Å². The first-order valence-electron chi connectivity index (χ1n) is 11.8. The van der Waals surface area contributed by atoms with Crippen LogP contribution in [0.2, 0.25) is 0 Å². The van der Waals surface area contributed by atoms with Gasteiger partial charge in [0.05, 0.1) is 16.8 Å². The number of benzene rings is 2. The van der Waals surface area contributed by atoms with Crippen LogP contribution in [-0.4, -0.2) is 22.0 Å². The zero-order chi connectivity index (χ0) is 25.3. The van der Waals surface area contributed by atoms with Crippen molar-refractivity contribution in [1.29, 1.82) is 0 Å². The first-order chi connectivity index (χ1) is 16.8. The molecule has 0 atom stereocenters. The Kier molecular flexibility index (Phi) is 9.26. The number of pyridine rings is 1. The number of nitrogens with zero attached hydrogens (tertiary/aromatic N) is 1. The summed E-state index contributed by atoms with van der Waals surface area (Å²) in [7, 11) is 0. The summed E-state index contributed by atoms with van der Waals surface area (Å²) >= 11 is 1.76. The number of hydrogen-bond donors (Lipinski definition) is 2. The average molecular weight is 489 g/mol. The monoisotopic (exact) mass is 488 g/mol. The zero-order valence-corrected chi connectivity index (χ0v) is 21.3. The van der Waals surface area contributed by atoms with Gasteiger partial charge in [0.2, 0.25) is 5.91 Å². The van der Waals surface area contributed by atoms with E-state index < -0.39 is 11.4 Å². The summed E-state index contributed by atoms with van der Waals surface area (Å²) in [4.78, 5) is 30.2. The van der Waals surface area contributed by atoms with E-state index in [0.717, 1.165) is 22.7 Å². The van der Waals surface area contributed by atoms with Gasteiger partial charge in [0.25, 0.3) is 0 Å². The van der Waals surface area contributed by atoms with Crippen molar-refractivity contribution in [2.75, 3.05) is 5.32 Å². The quantitative estimate of drug-likeness (QED) is 0.282. The summed E-state index contributed by atoms with van der Waals surface area (Å²) in [6, 6.07) is 21.9. The highest BCUT2D eigenvalue weighted by Crippen LogP contribution is 2.31. The third kappa shape index (κ3) is 7.55. The van der Waals surface area contributed by atoms with E-state index in [1.807, 2.05) is 48.6 Å². The molecule has 0 radical (unpaired) electrons. The average Bonchev–Trinajstić information content (AvgIpc) is 2.86. The van der Waals surface area contributed by atoms with Crippen LogP contribution in [0.4, 0.5) is 5.69 Å². The van der Waals surface area contributed by atoms with Crippen molar-refractivity contribution in [1.82, 2.24) is 4.98 Å². The molecular formula is C29H32N2O3S. The molecule has 2 N–H and O–H groups in total. The predicted octanol–water partition coefficient (Wildman–Crippen LogP) is 7.07. The molecule has 6 heteroatoms. The Morgan fingerprint density at radius 1 is 1.00 bits per heavy atom. The molecule has 3 rings (SSSR count). The van der Waals surface area contributed by atoms with Crippen molar-refractivity contribution in [3.63, 3.8) is 0 Å². The summed E-state index contributed by atoms with van der Waals surface area (Å²) in [6.45, 7) is 5.69. The summed E-state index contributed by atoms with van der Waals surface area (Å²) < 4.78 is 0. The lowest BCUT2D eigenvalue weighted by Gasteiger charge is -2.25. The van der Waals surface area contributed by atoms with E-state index in [4.69, 9.17) is 4.98 Å². The van der Waals surface area contributed by atoms with Crippen molar-refractivity contribution in [3.05, 3.63) is 89.2 Å². The lowest BCUT2D eigenvalue weighted by molar-refractivity contribution is -0.151. The van der Waals surface area contributed by atoms with Gasteiger partial charge in [-0.25, -0.2) is 0 Å². The molecule has 0 aliphatic heterocycles. The molecule has 0 saturated heterocycles. The Balaban J connectivity index is 1.63. The number of amides is 1. The van der Waals surface area contributed by atoms with Crippen LogP contribution in [0.1, 0.15) is 55.6 Å². The van der Waals surface area contributed by atoms with Gasteiger partial charge in [-0.1, -0.05) is 55.8 Å². The van der Waals surface area contributed by atoms with Crippen LogP contribution in [0.15, 0.2) is 71.6 Å². The minimum atomic E-state index is -1.03. The van der Waals surface area contributed by atoms with Crippen LogP contribution >= 0.6 is 11.8 Å². The first-order valence-corrected chi connectivity index (χ1v) is 12.8. The van der Waals surface area contributed by atoms with Crippen molar-refractivity contribution < 1.29 is 14.7 Å². The lowest BCUT2D eigenvalue weighted by Crippen LogP contribution is -2.34. The van der Waals surface area contributed by atoms with Crippen molar-refractivity contribution >= 4 is 41.5 Å². The Hall–Kier alpha value is -3.38. The van der Waals surface area contributed by atoms with Crippen molar-refractivity contribution in [2.45, 2.75) is 50.7 Å². The molecule has 1 heterocycles. The van der Waals surface area contributed by atoms with Gasteiger partial charge in [-0.15, -0.1) is 11.8 Å². The Morgan fingerprint density at radius 2 is 1.71 bits per heavy atom. The number of nitrogens with one attached hydrogen (secondary N) is 1. The molecule has 0 spiro atoms. The number of rotatable bonds is 11. The second-order valence-corrected chi connectivity index (χ2v) is 9.68.